The molecule has 0 fully saturated rings. The summed E-state index contributed by atoms with van der Waals surface area (Å²) in [4.78, 5) is 4.51. The topological polar surface area (TPSA) is 33.6 Å². The van der Waals surface area contributed by atoms with E-state index in [1.165, 1.54) is 0 Å². The smallest absolute Gasteiger partial charge is 0.128 e. The van der Waals surface area contributed by atoms with Gasteiger partial charge in [0.15, 0.2) is 0 Å². The van der Waals surface area contributed by atoms with E-state index in [0.717, 1.165) is 58.4 Å². The highest BCUT2D eigenvalue weighted by Crippen LogP contribution is 2.26. The van der Waals surface area contributed by atoms with Gasteiger partial charge in [-0.25, -0.2) is 0 Å². The molecule has 1 aliphatic rings. The minimum Gasteiger partial charge on any atom is -0.489 e. The number of halogens is 1. The van der Waals surface area contributed by atoms with Crippen LogP contribution in [0.25, 0.3) is 0 Å². The molecule has 120 valence electrons. The van der Waals surface area contributed by atoms with Crippen molar-refractivity contribution in [1.29, 1.82) is 0 Å². The van der Waals surface area contributed by atoms with E-state index >= 15 is 0 Å². The first-order chi connectivity index (χ1) is 11.1. The van der Waals surface area contributed by atoms with E-state index in [1.807, 2.05) is 26.0 Å². The molecule has 0 spiro atoms. The van der Waals surface area contributed by atoms with Crippen LogP contribution in [0.5, 0.6) is 5.75 Å². The van der Waals surface area contributed by atoms with Gasteiger partial charge in [0.2, 0.25) is 0 Å². The molecule has 0 atom stereocenters. The molecule has 3 nitrogen and oxygen atoms in total. The zero-order chi connectivity index (χ0) is 16.2. The molecular weight excluding hydrogens is 308 g/mol. The van der Waals surface area contributed by atoms with Gasteiger partial charge in [0.1, 0.15) is 18.2 Å². The number of rotatable bonds is 4. The van der Waals surface area contributed by atoms with Crippen LogP contribution < -0.4 is 10.1 Å². The molecule has 0 aliphatic carbocycles. The first-order valence-corrected chi connectivity index (χ1v) is 8.28. The maximum atomic E-state index is 6.19. The van der Waals surface area contributed by atoms with Crippen LogP contribution in [-0.2, 0) is 6.61 Å². The minimum atomic E-state index is 0.542. The van der Waals surface area contributed by atoms with Crippen LogP contribution in [0.4, 0.5) is 0 Å². The van der Waals surface area contributed by atoms with Crippen molar-refractivity contribution in [3.63, 3.8) is 0 Å². The maximum Gasteiger partial charge on any atom is 0.128 e. The Kier molecular flexibility index (Phi) is 4.87. The standard InChI is InChI=1S/C19H21ClN2O/c1-13-10-17(11-14(2)18(13)20)23-12-15-4-6-16(7-5-15)19-21-8-3-9-22-19/h4-7,10-11H,3,8-9,12H2,1-2H3,(H,21,22). The highest BCUT2D eigenvalue weighted by molar-refractivity contribution is 6.32. The average molecular weight is 329 g/mol. The number of hydrogen-bond acceptors (Lipinski definition) is 3. The van der Waals surface area contributed by atoms with E-state index in [1.54, 1.807) is 0 Å². The Morgan fingerprint density at radius 1 is 1.13 bits per heavy atom. The zero-order valence-electron chi connectivity index (χ0n) is 13.5. The van der Waals surface area contributed by atoms with Gasteiger partial charge in [0, 0.05) is 23.7 Å². The lowest BCUT2D eigenvalue weighted by atomic mass is 10.1. The van der Waals surface area contributed by atoms with Crippen LogP contribution in [0.15, 0.2) is 41.4 Å². The first kappa shape index (κ1) is 15.9. The molecule has 2 aromatic rings. The predicted molar refractivity (Wildman–Crippen MR) is 95.7 cm³/mol. The monoisotopic (exact) mass is 328 g/mol. The third-order valence-electron chi connectivity index (χ3n) is 3.94. The van der Waals surface area contributed by atoms with Gasteiger partial charge in [-0.2, -0.15) is 0 Å². The summed E-state index contributed by atoms with van der Waals surface area (Å²) in [6.07, 6.45) is 1.11. The summed E-state index contributed by atoms with van der Waals surface area (Å²) in [5.74, 6) is 1.85. The Morgan fingerprint density at radius 2 is 1.83 bits per heavy atom. The van der Waals surface area contributed by atoms with Gasteiger partial charge in [-0.15, -0.1) is 0 Å². The summed E-state index contributed by atoms with van der Waals surface area (Å²) in [6, 6.07) is 12.3. The Balaban J connectivity index is 1.66. The lowest BCUT2D eigenvalue weighted by Crippen LogP contribution is -2.30. The van der Waals surface area contributed by atoms with E-state index in [9.17, 15) is 0 Å². The molecule has 0 bridgehead atoms. The van der Waals surface area contributed by atoms with Crippen LogP contribution in [0, 0.1) is 13.8 Å². The highest BCUT2D eigenvalue weighted by Gasteiger charge is 2.07. The molecule has 2 aromatic carbocycles. The van der Waals surface area contributed by atoms with Crippen molar-refractivity contribution in [2.24, 2.45) is 4.99 Å². The summed E-state index contributed by atoms with van der Waals surface area (Å²) >= 11 is 6.19. The van der Waals surface area contributed by atoms with Crippen LogP contribution in [0.2, 0.25) is 5.02 Å². The SMILES string of the molecule is Cc1cc(OCc2ccc(C3=NCCCN3)cc2)cc(C)c1Cl. The number of benzene rings is 2. The summed E-state index contributed by atoms with van der Waals surface area (Å²) in [7, 11) is 0. The first-order valence-electron chi connectivity index (χ1n) is 7.90. The van der Waals surface area contributed by atoms with Crippen LogP contribution in [-0.4, -0.2) is 18.9 Å². The molecular formula is C19H21ClN2O. The summed E-state index contributed by atoms with van der Waals surface area (Å²) < 4.78 is 5.89. The summed E-state index contributed by atoms with van der Waals surface area (Å²) in [5, 5.41) is 4.14. The fourth-order valence-electron chi connectivity index (χ4n) is 2.64. The Bertz CT molecular complexity index is 700. The second-order valence-corrected chi connectivity index (χ2v) is 6.25. The molecule has 4 heteroatoms. The molecule has 0 saturated carbocycles. The molecule has 0 aromatic heterocycles. The third kappa shape index (κ3) is 3.85. The van der Waals surface area contributed by atoms with E-state index < -0.39 is 0 Å². The molecule has 0 unspecified atom stereocenters. The van der Waals surface area contributed by atoms with E-state index in [0.29, 0.717) is 6.61 Å². The third-order valence-corrected chi connectivity index (χ3v) is 4.54. The van der Waals surface area contributed by atoms with Crippen molar-refractivity contribution in [3.8, 4) is 5.75 Å². The quantitative estimate of drug-likeness (QED) is 0.909. The van der Waals surface area contributed by atoms with Crippen LogP contribution >= 0.6 is 11.6 Å². The largest absolute Gasteiger partial charge is 0.489 e. The fraction of sp³-hybridized carbons (Fsp3) is 0.316. The van der Waals surface area contributed by atoms with Gasteiger partial charge < -0.3 is 10.1 Å². The number of nitrogens with one attached hydrogen (secondary N) is 1. The van der Waals surface area contributed by atoms with Crippen molar-refractivity contribution in [2.45, 2.75) is 26.9 Å². The Labute approximate surface area is 142 Å². The second kappa shape index (κ2) is 7.05. The summed E-state index contributed by atoms with van der Waals surface area (Å²) in [6.45, 7) is 6.44. The fourth-order valence-corrected chi connectivity index (χ4v) is 2.75. The molecule has 3 rings (SSSR count). The highest BCUT2D eigenvalue weighted by atomic mass is 35.5. The maximum absolute atomic E-state index is 6.19. The molecule has 1 heterocycles. The number of ether oxygens (including phenoxy) is 1. The van der Waals surface area contributed by atoms with E-state index in [-0.39, 0.29) is 0 Å². The van der Waals surface area contributed by atoms with Gasteiger partial charge in [-0.3, -0.25) is 4.99 Å². The van der Waals surface area contributed by atoms with Gasteiger partial charge in [-0.1, -0.05) is 35.9 Å². The predicted octanol–water partition coefficient (Wildman–Crippen LogP) is 4.28. The number of amidine groups is 1. The van der Waals surface area contributed by atoms with Crippen molar-refractivity contribution < 1.29 is 4.74 Å². The molecule has 23 heavy (non-hydrogen) atoms. The molecule has 0 saturated heterocycles. The number of aliphatic imine (C=N–C) groups is 1. The average Bonchev–Trinajstić information content (AvgIpc) is 2.59. The van der Waals surface area contributed by atoms with Crippen LogP contribution in [0.1, 0.15) is 28.7 Å². The van der Waals surface area contributed by atoms with Crippen LogP contribution in [0.3, 0.4) is 0 Å². The van der Waals surface area contributed by atoms with E-state index in [4.69, 9.17) is 16.3 Å². The molecule has 1 N–H and O–H groups in total. The molecule has 0 amide bonds. The number of aryl methyl sites for hydroxylation is 2. The van der Waals surface area contributed by atoms with Gasteiger partial charge in [-0.05, 0) is 49.1 Å². The van der Waals surface area contributed by atoms with Crippen molar-refractivity contribution in [3.05, 3.63) is 63.7 Å². The van der Waals surface area contributed by atoms with Crippen molar-refractivity contribution in [2.75, 3.05) is 13.1 Å². The Hall–Kier alpha value is -2.00. The van der Waals surface area contributed by atoms with Crippen molar-refractivity contribution in [1.82, 2.24) is 5.32 Å². The zero-order valence-corrected chi connectivity index (χ0v) is 14.3. The minimum absolute atomic E-state index is 0.542. The molecule has 0 radical (unpaired) electrons. The lowest BCUT2D eigenvalue weighted by molar-refractivity contribution is 0.306. The Morgan fingerprint density at radius 3 is 2.43 bits per heavy atom. The van der Waals surface area contributed by atoms with Gasteiger partial charge in [0.05, 0.1) is 0 Å². The lowest BCUT2D eigenvalue weighted by Gasteiger charge is -2.15. The second-order valence-electron chi connectivity index (χ2n) is 5.87. The van der Waals surface area contributed by atoms with Gasteiger partial charge in [0.25, 0.3) is 0 Å². The molecule has 1 aliphatic heterocycles. The van der Waals surface area contributed by atoms with Gasteiger partial charge >= 0.3 is 0 Å². The normalized spacial score (nSPS) is 14.1. The van der Waals surface area contributed by atoms with Crippen molar-refractivity contribution >= 4 is 17.4 Å². The summed E-state index contributed by atoms with van der Waals surface area (Å²) in [5.41, 5.74) is 4.35. The van der Waals surface area contributed by atoms with E-state index in [2.05, 4.69) is 34.6 Å². The number of nitrogens with zero attached hydrogens (tertiary/aromatic N) is 1. The number of hydrogen-bond donors (Lipinski definition) is 1.